The van der Waals surface area contributed by atoms with Gasteiger partial charge in [-0.05, 0) is 13.0 Å². The summed E-state index contributed by atoms with van der Waals surface area (Å²) in [6, 6.07) is -1.07. The van der Waals surface area contributed by atoms with Crippen molar-refractivity contribution in [2.24, 2.45) is 7.05 Å². The number of ether oxygens (including phenoxy) is 1. The quantitative estimate of drug-likeness (QED) is 0.717. The highest BCUT2D eigenvalue weighted by Crippen LogP contribution is 2.54. The Morgan fingerprint density at radius 1 is 1.55 bits per heavy atom. The van der Waals surface area contributed by atoms with Gasteiger partial charge in [-0.15, -0.1) is 16.4 Å². The lowest BCUT2D eigenvalue weighted by molar-refractivity contribution is -0.204. The Hall–Kier alpha value is -1.69. The van der Waals surface area contributed by atoms with Gasteiger partial charge in [0, 0.05) is 36.4 Å². The number of hydrogen-bond donors (Lipinski definition) is 1. The van der Waals surface area contributed by atoms with E-state index < -0.39 is 42.4 Å². The number of halogens is 4. The van der Waals surface area contributed by atoms with Gasteiger partial charge in [0.15, 0.2) is 0 Å². The number of amides is 1. The summed E-state index contributed by atoms with van der Waals surface area (Å²) < 4.78 is 71.8. The molecule has 0 aromatic carbocycles. The molecule has 7 nitrogen and oxygen atoms in total. The van der Waals surface area contributed by atoms with Crippen molar-refractivity contribution >= 4 is 28.8 Å². The van der Waals surface area contributed by atoms with Gasteiger partial charge in [-0.2, -0.15) is 13.2 Å². The molecular weight excluding hydrogens is 433 g/mol. The van der Waals surface area contributed by atoms with E-state index in [2.05, 4.69) is 10.3 Å². The Morgan fingerprint density at radius 2 is 2.28 bits per heavy atom. The van der Waals surface area contributed by atoms with Crippen LogP contribution in [-0.4, -0.2) is 49.7 Å². The number of thiophene rings is 1. The molecule has 0 radical (unpaired) electrons. The Kier molecular flexibility index (Phi) is 4.07. The van der Waals surface area contributed by atoms with Gasteiger partial charge in [0.05, 0.1) is 27.2 Å². The molecule has 1 amide bonds. The van der Waals surface area contributed by atoms with Gasteiger partial charge in [-0.1, -0.05) is 16.8 Å². The first-order valence-electron chi connectivity index (χ1n) is 10.1. The van der Waals surface area contributed by atoms with E-state index >= 15 is 0 Å². The number of hydrogen-bond acceptors (Lipinski definition) is 6. The molecule has 4 heterocycles. The lowest BCUT2D eigenvalue weighted by atomic mass is 9.77. The monoisotopic (exact) mass is 453 g/mol. The number of aliphatic hydroxyl groups is 1. The molecule has 1 N–H and O–H groups in total. The van der Waals surface area contributed by atoms with Crippen LogP contribution in [0.15, 0.2) is 12.3 Å². The number of rotatable bonds is 1. The lowest BCUT2D eigenvalue weighted by Gasteiger charge is -2.51. The smallest absolute Gasteiger partial charge is 0.386 e. The minimum atomic E-state index is -5.14. The van der Waals surface area contributed by atoms with Crippen LogP contribution in [0.2, 0.25) is 4.34 Å². The zero-order chi connectivity index (χ0) is 23.9. The number of fused-ring (bicyclic) bond motifs is 2. The molecule has 158 valence electrons. The van der Waals surface area contributed by atoms with Gasteiger partial charge in [0.1, 0.15) is 17.4 Å². The standard InChI is InChI=1S/C17H18ClF3N4O3S/c1-8-4-16(14-9(3-13(18)29-14)12(26)7-28-16)5-11(10-6-24(2)23-22-10)25(8)15(27)17(19,20)21/h3,6,8,11-12,26H,4-5,7H2,1-2H3/t8-,11-,12+,16-/m0/s1/i7D2,12D. The number of aromatic nitrogens is 3. The van der Waals surface area contributed by atoms with Crippen LogP contribution in [0.5, 0.6) is 0 Å². The topological polar surface area (TPSA) is 80.5 Å². The second kappa shape index (κ2) is 6.93. The van der Waals surface area contributed by atoms with Crippen LogP contribution >= 0.6 is 22.9 Å². The largest absolute Gasteiger partial charge is 0.471 e. The van der Waals surface area contributed by atoms with Gasteiger partial charge in [-0.25, -0.2) is 0 Å². The van der Waals surface area contributed by atoms with Crippen molar-refractivity contribution in [3.05, 3.63) is 32.7 Å². The van der Waals surface area contributed by atoms with Gasteiger partial charge in [0.2, 0.25) is 0 Å². The van der Waals surface area contributed by atoms with E-state index in [0.29, 0.717) is 4.90 Å². The van der Waals surface area contributed by atoms with E-state index in [0.717, 1.165) is 11.3 Å². The van der Waals surface area contributed by atoms with Crippen molar-refractivity contribution in [2.75, 3.05) is 6.56 Å². The molecule has 4 atom stereocenters. The number of piperidine rings is 1. The Bertz CT molecular complexity index is 1080. The van der Waals surface area contributed by atoms with Crippen molar-refractivity contribution in [1.82, 2.24) is 19.9 Å². The Balaban J connectivity index is 1.88. The summed E-state index contributed by atoms with van der Waals surface area (Å²) in [5.41, 5.74) is -1.62. The third kappa shape index (κ3) is 3.43. The van der Waals surface area contributed by atoms with E-state index in [-0.39, 0.29) is 33.3 Å². The highest BCUT2D eigenvalue weighted by atomic mass is 35.5. The molecule has 2 aromatic heterocycles. The van der Waals surface area contributed by atoms with E-state index in [1.165, 1.54) is 30.9 Å². The van der Waals surface area contributed by atoms with Gasteiger partial charge in [0.25, 0.3) is 0 Å². The summed E-state index contributed by atoms with van der Waals surface area (Å²) in [6.07, 6.45) is -7.09. The van der Waals surface area contributed by atoms with Gasteiger partial charge >= 0.3 is 12.1 Å². The van der Waals surface area contributed by atoms with Crippen molar-refractivity contribution in [3.8, 4) is 0 Å². The lowest BCUT2D eigenvalue weighted by Crippen LogP contribution is -2.56. The first-order chi connectivity index (χ1) is 14.6. The van der Waals surface area contributed by atoms with Crippen LogP contribution in [0, 0.1) is 0 Å². The number of likely N-dealkylation sites (tertiary alicyclic amines) is 1. The van der Waals surface area contributed by atoms with Crippen molar-refractivity contribution in [3.63, 3.8) is 0 Å². The first-order valence-corrected chi connectivity index (χ1v) is 9.77. The van der Waals surface area contributed by atoms with Gasteiger partial charge in [-0.3, -0.25) is 9.48 Å². The van der Waals surface area contributed by atoms with Crippen molar-refractivity contribution in [2.45, 2.75) is 49.7 Å². The molecule has 4 rings (SSSR count). The molecule has 2 aliphatic rings. The third-order valence-corrected chi connectivity index (χ3v) is 6.56. The fourth-order valence-corrected chi connectivity index (χ4v) is 5.39. The minimum Gasteiger partial charge on any atom is -0.386 e. The van der Waals surface area contributed by atoms with Crippen LogP contribution < -0.4 is 0 Å². The average molecular weight is 454 g/mol. The SMILES string of the molecule is [2H]C1([2H])O[C@]2(C[C@H](C)N(C(=O)C(F)(F)F)[C@H](c3cn(C)nn3)C2)c2sc(Cl)cc2[C@]1([2H])O. The molecule has 12 heteroatoms. The fraction of sp³-hybridized carbons (Fsp3) is 0.588. The zero-order valence-electron chi connectivity index (χ0n) is 18.2. The number of aryl methyl sites for hydroxylation is 1. The molecule has 1 saturated heterocycles. The van der Waals surface area contributed by atoms with E-state index in [4.69, 9.17) is 20.5 Å². The normalized spacial score (nSPS) is 35.7. The summed E-state index contributed by atoms with van der Waals surface area (Å²) in [5, 5.41) is 18.2. The third-order valence-electron chi connectivity index (χ3n) is 5.11. The van der Waals surface area contributed by atoms with Crippen LogP contribution in [-0.2, 0) is 22.2 Å². The molecular formula is C17H18ClF3N4O3S. The molecule has 0 unspecified atom stereocenters. The molecule has 0 bridgehead atoms. The number of nitrogens with zero attached hydrogens (tertiary/aromatic N) is 4. The summed E-state index contributed by atoms with van der Waals surface area (Å²) in [4.78, 5) is 13.2. The van der Waals surface area contributed by atoms with Crippen LogP contribution in [0.1, 0.15) is 52.1 Å². The van der Waals surface area contributed by atoms with Gasteiger partial charge < -0.3 is 14.7 Å². The number of carbonyl (C=O) groups excluding carboxylic acids is 1. The van der Waals surface area contributed by atoms with Crippen molar-refractivity contribution < 1.29 is 31.9 Å². The zero-order valence-corrected chi connectivity index (χ0v) is 16.8. The second-order valence-corrected chi connectivity index (χ2v) is 8.82. The second-order valence-electron chi connectivity index (χ2n) is 7.14. The maximum atomic E-state index is 13.4. The minimum absolute atomic E-state index is 0.0658. The number of alkyl halides is 3. The molecule has 2 aromatic rings. The van der Waals surface area contributed by atoms with Crippen LogP contribution in [0.25, 0.3) is 0 Å². The molecule has 1 fully saturated rings. The van der Waals surface area contributed by atoms with E-state index in [9.17, 15) is 23.1 Å². The maximum absolute atomic E-state index is 13.4. The fourth-order valence-electron chi connectivity index (χ4n) is 4.02. The molecule has 29 heavy (non-hydrogen) atoms. The molecule has 0 aliphatic carbocycles. The average Bonchev–Trinajstić information content (AvgIpc) is 3.25. The van der Waals surface area contributed by atoms with E-state index in [1.54, 1.807) is 0 Å². The molecule has 0 saturated carbocycles. The number of carbonyl (C=O) groups is 1. The summed E-state index contributed by atoms with van der Waals surface area (Å²) in [6.45, 7) is -1.52. The molecule has 1 spiro atoms. The summed E-state index contributed by atoms with van der Waals surface area (Å²) in [7, 11) is 1.52. The Morgan fingerprint density at radius 3 is 2.90 bits per heavy atom. The summed E-state index contributed by atoms with van der Waals surface area (Å²) >= 11 is 7.06. The highest BCUT2D eigenvalue weighted by molar-refractivity contribution is 7.16. The summed E-state index contributed by atoms with van der Waals surface area (Å²) in [5.74, 6) is -2.06. The van der Waals surface area contributed by atoms with Crippen LogP contribution in [0.3, 0.4) is 0 Å². The highest BCUT2D eigenvalue weighted by Gasteiger charge is 2.56. The predicted octanol–water partition coefficient (Wildman–Crippen LogP) is 3.10. The van der Waals surface area contributed by atoms with Crippen molar-refractivity contribution in [1.29, 1.82) is 0 Å². The molecule has 2 aliphatic heterocycles. The Labute approximate surface area is 177 Å². The van der Waals surface area contributed by atoms with Crippen LogP contribution in [0.4, 0.5) is 13.2 Å². The first kappa shape index (κ1) is 17.0. The maximum Gasteiger partial charge on any atom is 0.471 e. The predicted molar refractivity (Wildman–Crippen MR) is 97.3 cm³/mol. The van der Waals surface area contributed by atoms with E-state index in [1.807, 2.05) is 0 Å².